The fraction of sp³-hybridized carbons (Fsp3) is 0. The minimum atomic E-state index is -1.24. The Kier molecular flexibility index (Phi) is 4.13. The fourth-order valence-corrected chi connectivity index (χ4v) is 1.76. The molecule has 0 fully saturated rings. The van der Waals surface area contributed by atoms with Crippen LogP contribution in [0.2, 0.25) is 5.02 Å². The highest BCUT2D eigenvalue weighted by Crippen LogP contribution is 2.33. The summed E-state index contributed by atoms with van der Waals surface area (Å²) in [5.41, 5.74) is -0.718. The molecular formula is C13H6ClF2NO4. The molecule has 108 valence electrons. The third-order valence-electron chi connectivity index (χ3n) is 2.51. The molecule has 8 heteroatoms. The number of ether oxygens (including phenoxy) is 1. The quantitative estimate of drug-likeness (QED) is 0.483. The molecular weight excluding hydrogens is 308 g/mol. The molecule has 0 unspecified atom stereocenters. The molecule has 0 bridgehead atoms. The van der Waals surface area contributed by atoms with Gasteiger partial charge in [-0.2, -0.15) is 4.39 Å². The summed E-state index contributed by atoms with van der Waals surface area (Å²) in [5, 5.41) is 10.5. The van der Waals surface area contributed by atoms with Crippen molar-refractivity contribution in [1.29, 1.82) is 0 Å². The van der Waals surface area contributed by atoms with Crippen LogP contribution in [0.3, 0.4) is 0 Å². The highest BCUT2D eigenvalue weighted by molar-refractivity contribution is 6.32. The number of halogens is 3. The second-order valence-corrected chi connectivity index (χ2v) is 4.31. The molecule has 0 spiro atoms. The lowest BCUT2D eigenvalue weighted by molar-refractivity contribution is -0.387. The van der Waals surface area contributed by atoms with Crippen LogP contribution in [0.1, 0.15) is 10.4 Å². The number of rotatable bonds is 4. The summed E-state index contributed by atoms with van der Waals surface area (Å²) in [6.45, 7) is 0. The van der Waals surface area contributed by atoms with Crippen molar-refractivity contribution >= 4 is 23.6 Å². The van der Waals surface area contributed by atoms with E-state index in [9.17, 15) is 23.7 Å². The summed E-state index contributed by atoms with van der Waals surface area (Å²) in [4.78, 5) is 20.0. The van der Waals surface area contributed by atoms with Crippen LogP contribution in [0.4, 0.5) is 14.5 Å². The molecule has 0 saturated heterocycles. The van der Waals surface area contributed by atoms with Gasteiger partial charge in [-0.05, 0) is 18.2 Å². The molecule has 0 atom stereocenters. The first-order chi connectivity index (χ1) is 9.92. The first-order valence-corrected chi connectivity index (χ1v) is 5.86. The maximum absolute atomic E-state index is 13.7. The molecule has 2 rings (SSSR count). The van der Waals surface area contributed by atoms with E-state index in [1.165, 1.54) is 18.2 Å². The van der Waals surface area contributed by atoms with Crippen LogP contribution >= 0.6 is 11.6 Å². The van der Waals surface area contributed by atoms with Crippen molar-refractivity contribution in [3.05, 3.63) is 62.7 Å². The van der Waals surface area contributed by atoms with Gasteiger partial charge in [0.05, 0.1) is 16.0 Å². The Hall–Kier alpha value is -2.54. The van der Waals surface area contributed by atoms with Crippen LogP contribution in [-0.4, -0.2) is 11.2 Å². The molecule has 0 radical (unpaired) electrons. The average molecular weight is 314 g/mol. The SMILES string of the molecule is O=Cc1ccc(Oc2cc(F)c([N+](=O)[O-])cc2F)c(Cl)c1. The lowest BCUT2D eigenvalue weighted by Crippen LogP contribution is -1.97. The Morgan fingerprint density at radius 2 is 1.86 bits per heavy atom. The number of carbonyl (C=O) groups excluding carboxylic acids is 1. The van der Waals surface area contributed by atoms with Crippen LogP contribution < -0.4 is 4.74 Å². The number of nitro groups is 1. The number of carbonyl (C=O) groups is 1. The van der Waals surface area contributed by atoms with E-state index < -0.39 is 28.0 Å². The number of nitrogens with zero attached hydrogens (tertiary/aromatic N) is 1. The van der Waals surface area contributed by atoms with Gasteiger partial charge in [0.25, 0.3) is 0 Å². The largest absolute Gasteiger partial charge is 0.453 e. The molecule has 0 aliphatic carbocycles. The third kappa shape index (κ3) is 3.14. The Balaban J connectivity index is 2.38. The van der Waals surface area contributed by atoms with Crippen LogP contribution in [0.5, 0.6) is 11.5 Å². The maximum atomic E-state index is 13.7. The number of hydrogen-bond acceptors (Lipinski definition) is 4. The zero-order valence-electron chi connectivity index (χ0n) is 10.2. The number of nitro benzene ring substituents is 1. The van der Waals surface area contributed by atoms with Crippen molar-refractivity contribution in [2.45, 2.75) is 0 Å². The first-order valence-electron chi connectivity index (χ1n) is 5.48. The second kappa shape index (κ2) is 5.84. The zero-order chi connectivity index (χ0) is 15.6. The van der Waals surface area contributed by atoms with E-state index >= 15 is 0 Å². The van der Waals surface area contributed by atoms with E-state index in [0.717, 1.165) is 0 Å². The highest BCUT2D eigenvalue weighted by atomic mass is 35.5. The van der Waals surface area contributed by atoms with E-state index in [0.29, 0.717) is 18.4 Å². The van der Waals surface area contributed by atoms with Crippen molar-refractivity contribution in [3.8, 4) is 11.5 Å². The van der Waals surface area contributed by atoms with Crippen LogP contribution in [-0.2, 0) is 0 Å². The zero-order valence-corrected chi connectivity index (χ0v) is 10.9. The van der Waals surface area contributed by atoms with E-state index in [-0.39, 0.29) is 16.3 Å². The van der Waals surface area contributed by atoms with Crippen LogP contribution in [0, 0.1) is 21.7 Å². The standard InChI is InChI=1S/C13H6ClF2NO4/c14-8-3-7(6-18)1-2-12(8)21-13-5-9(15)11(17(19)20)4-10(13)16/h1-6H. The van der Waals surface area contributed by atoms with Gasteiger partial charge in [0.1, 0.15) is 12.0 Å². The summed E-state index contributed by atoms with van der Waals surface area (Å²) in [5.74, 6) is -2.93. The average Bonchev–Trinajstić information content (AvgIpc) is 2.44. The van der Waals surface area contributed by atoms with Gasteiger partial charge in [-0.15, -0.1) is 0 Å². The monoisotopic (exact) mass is 313 g/mol. The van der Waals surface area contributed by atoms with Gasteiger partial charge >= 0.3 is 5.69 Å². The van der Waals surface area contributed by atoms with Crippen LogP contribution in [0.25, 0.3) is 0 Å². The van der Waals surface area contributed by atoms with Gasteiger partial charge < -0.3 is 4.74 Å². The molecule has 0 amide bonds. The highest BCUT2D eigenvalue weighted by Gasteiger charge is 2.20. The van der Waals surface area contributed by atoms with Crippen molar-refractivity contribution < 1.29 is 23.2 Å². The summed E-state index contributed by atoms with van der Waals surface area (Å²) < 4.78 is 32.2. The number of benzene rings is 2. The first kappa shape index (κ1) is 14.9. The minimum Gasteiger partial charge on any atom is -0.453 e. The van der Waals surface area contributed by atoms with Crippen molar-refractivity contribution in [3.63, 3.8) is 0 Å². The topological polar surface area (TPSA) is 69.4 Å². The molecule has 0 aliphatic heterocycles. The molecule has 0 aliphatic rings. The minimum absolute atomic E-state index is 0.0118. The maximum Gasteiger partial charge on any atom is 0.307 e. The predicted octanol–water partition coefficient (Wildman–Crippen LogP) is 4.13. The lowest BCUT2D eigenvalue weighted by Gasteiger charge is -2.09. The molecule has 0 aromatic heterocycles. The lowest BCUT2D eigenvalue weighted by atomic mass is 10.2. The van der Waals surface area contributed by atoms with E-state index in [4.69, 9.17) is 16.3 Å². The van der Waals surface area contributed by atoms with Gasteiger partial charge in [-0.3, -0.25) is 14.9 Å². The molecule has 0 N–H and O–H groups in total. The predicted molar refractivity (Wildman–Crippen MR) is 69.9 cm³/mol. The van der Waals surface area contributed by atoms with Crippen molar-refractivity contribution in [2.24, 2.45) is 0 Å². The third-order valence-corrected chi connectivity index (χ3v) is 2.81. The van der Waals surface area contributed by atoms with Crippen molar-refractivity contribution in [1.82, 2.24) is 0 Å². The van der Waals surface area contributed by atoms with E-state index in [1.54, 1.807) is 0 Å². The summed E-state index contributed by atoms with van der Waals surface area (Å²) in [6, 6.07) is 4.91. The molecule has 2 aromatic rings. The summed E-state index contributed by atoms with van der Waals surface area (Å²) >= 11 is 5.82. The Bertz CT molecular complexity index is 736. The Morgan fingerprint density at radius 1 is 1.14 bits per heavy atom. The van der Waals surface area contributed by atoms with Gasteiger partial charge in [0.15, 0.2) is 11.6 Å². The van der Waals surface area contributed by atoms with Gasteiger partial charge in [0.2, 0.25) is 5.82 Å². The van der Waals surface area contributed by atoms with Gasteiger partial charge in [-0.1, -0.05) is 11.6 Å². The molecule has 0 heterocycles. The Labute approximate surface area is 121 Å². The Morgan fingerprint density at radius 3 is 2.43 bits per heavy atom. The molecule has 2 aromatic carbocycles. The van der Waals surface area contributed by atoms with E-state index in [1.807, 2.05) is 0 Å². The normalized spacial score (nSPS) is 10.2. The van der Waals surface area contributed by atoms with Crippen molar-refractivity contribution in [2.75, 3.05) is 0 Å². The smallest absolute Gasteiger partial charge is 0.307 e. The summed E-state index contributed by atoms with van der Waals surface area (Å²) in [6.07, 6.45) is 0.557. The molecule has 0 saturated carbocycles. The number of hydrogen-bond donors (Lipinski definition) is 0. The molecule has 21 heavy (non-hydrogen) atoms. The second-order valence-electron chi connectivity index (χ2n) is 3.90. The fourth-order valence-electron chi connectivity index (χ4n) is 1.53. The van der Waals surface area contributed by atoms with Crippen LogP contribution in [0.15, 0.2) is 30.3 Å². The molecule has 5 nitrogen and oxygen atoms in total. The van der Waals surface area contributed by atoms with E-state index in [2.05, 4.69) is 0 Å². The van der Waals surface area contributed by atoms with Gasteiger partial charge in [0, 0.05) is 11.6 Å². The summed E-state index contributed by atoms with van der Waals surface area (Å²) in [7, 11) is 0. The number of aldehydes is 1. The van der Waals surface area contributed by atoms with Gasteiger partial charge in [-0.25, -0.2) is 4.39 Å².